The molecule has 0 heterocycles. The SMILES string of the molecule is C=C(C1(Br)CC1)C1(Br)CC1. The average Bonchev–Trinajstić information content (AvgIpc) is 2.73. The van der Waals surface area contributed by atoms with Gasteiger partial charge in [-0.15, -0.1) is 0 Å². The molecule has 2 heteroatoms. The fourth-order valence-electron chi connectivity index (χ4n) is 1.22. The molecule has 0 N–H and O–H groups in total. The van der Waals surface area contributed by atoms with E-state index < -0.39 is 0 Å². The Morgan fingerprint density at radius 3 is 1.50 bits per heavy atom. The van der Waals surface area contributed by atoms with Crippen LogP contribution in [0.4, 0.5) is 0 Å². The topological polar surface area (TPSA) is 0 Å². The highest BCUT2D eigenvalue weighted by Gasteiger charge is 2.54. The van der Waals surface area contributed by atoms with Gasteiger partial charge < -0.3 is 0 Å². The number of allylic oxidation sites excluding steroid dienone is 1. The average molecular weight is 266 g/mol. The lowest BCUT2D eigenvalue weighted by Crippen LogP contribution is -2.12. The van der Waals surface area contributed by atoms with E-state index in [0.29, 0.717) is 8.65 Å². The van der Waals surface area contributed by atoms with Gasteiger partial charge in [0.15, 0.2) is 0 Å². The molecule has 0 spiro atoms. The standard InChI is InChI=1S/C8H10Br2/c1-6(7(9)2-3-7)8(10)4-5-8/h1-5H2. The Balaban J connectivity index is 2.12. The summed E-state index contributed by atoms with van der Waals surface area (Å²) in [7, 11) is 0. The highest BCUT2D eigenvalue weighted by Crippen LogP contribution is 2.62. The molecule has 10 heavy (non-hydrogen) atoms. The monoisotopic (exact) mass is 264 g/mol. The number of alkyl halides is 2. The number of halogens is 2. The summed E-state index contributed by atoms with van der Waals surface area (Å²) >= 11 is 7.40. The maximum atomic E-state index is 4.13. The molecule has 0 radical (unpaired) electrons. The molecular formula is C8H10Br2. The summed E-state index contributed by atoms with van der Waals surface area (Å²) < 4.78 is 0.653. The van der Waals surface area contributed by atoms with Crippen molar-refractivity contribution in [2.75, 3.05) is 0 Å². The van der Waals surface area contributed by atoms with Crippen molar-refractivity contribution >= 4 is 31.9 Å². The molecule has 2 aliphatic carbocycles. The van der Waals surface area contributed by atoms with Gasteiger partial charge in [-0.3, -0.25) is 0 Å². The fraction of sp³-hybridized carbons (Fsp3) is 0.750. The van der Waals surface area contributed by atoms with E-state index in [2.05, 4.69) is 38.4 Å². The molecule has 2 aliphatic rings. The predicted octanol–water partition coefficient (Wildman–Crippen LogP) is 3.40. The van der Waals surface area contributed by atoms with E-state index in [9.17, 15) is 0 Å². The van der Waals surface area contributed by atoms with Crippen molar-refractivity contribution in [1.29, 1.82) is 0 Å². The Hall–Kier alpha value is 0.700. The van der Waals surface area contributed by atoms with Gasteiger partial charge in [-0.1, -0.05) is 38.4 Å². The summed E-state index contributed by atoms with van der Waals surface area (Å²) in [4.78, 5) is 0. The van der Waals surface area contributed by atoms with Crippen LogP contribution in [0.25, 0.3) is 0 Å². The van der Waals surface area contributed by atoms with Crippen LogP contribution in [0.2, 0.25) is 0 Å². The van der Waals surface area contributed by atoms with Crippen LogP contribution in [0.3, 0.4) is 0 Å². The molecule has 0 bridgehead atoms. The number of rotatable bonds is 2. The summed E-state index contributed by atoms with van der Waals surface area (Å²) in [5.41, 5.74) is 1.38. The second-order valence-corrected chi connectivity index (χ2v) is 6.45. The molecule has 0 aromatic heterocycles. The molecular weight excluding hydrogens is 256 g/mol. The van der Waals surface area contributed by atoms with E-state index in [1.165, 1.54) is 31.3 Å². The lowest BCUT2D eigenvalue weighted by atomic mass is 10.1. The molecule has 0 saturated heterocycles. The molecule has 0 aromatic carbocycles. The van der Waals surface area contributed by atoms with Gasteiger partial charge in [-0.25, -0.2) is 0 Å². The van der Waals surface area contributed by atoms with Gasteiger partial charge in [0.05, 0.1) is 0 Å². The molecule has 0 nitrogen and oxygen atoms in total. The maximum absolute atomic E-state index is 4.13. The Labute approximate surface area is 78.3 Å². The minimum atomic E-state index is 0.326. The Morgan fingerprint density at radius 2 is 1.30 bits per heavy atom. The van der Waals surface area contributed by atoms with Crippen molar-refractivity contribution in [3.63, 3.8) is 0 Å². The normalized spacial score (nSPS) is 31.4. The van der Waals surface area contributed by atoms with Crippen LogP contribution < -0.4 is 0 Å². The first-order chi connectivity index (χ1) is 4.57. The van der Waals surface area contributed by atoms with Crippen LogP contribution in [0.1, 0.15) is 25.7 Å². The second-order valence-electron chi connectivity index (χ2n) is 3.41. The molecule has 0 aromatic rings. The van der Waals surface area contributed by atoms with Crippen LogP contribution >= 0.6 is 31.9 Å². The first-order valence-corrected chi connectivity index (χ1v) is 5.23. The van der Waals surface area contributed by atoms with E-state index in [1.807, 2.05) is 0 Å². The minimum absolute atomic E-state index is 0.326. The third-order valence-electron chi connectivity index (χ3n) is 2.46. The van der Waals surface area contributed by atoms with Crippen LogP contribution in [0.15, 0.2) is 12.2 Å². The molecule has 56 valence electrons. The molecule has 2 fully saturated rings. The van der Waals surface area contributed by atoms with Crippen molar-refractivity contribution in [2.45, 2.75) is 34.3 Å². The third kappa shape index (κ3) is 1.00. The van der Waals surface area contributed by atoms with Crippen LogP contribution in [-0.4, -0.2) is 8.65 Å². The van der Waals surface area contributed by atoms with Crippen molar-refractivity contribution in [2.24, 2.45) is 0 Å². The largest absolute Gasteiger partial charge is 0.0970 e. The molecule has 0 amide bonds. The Bertz CT molecular complexity index is 167. The van der Waals surface area contributed by atoms with Crippen LogP contribution in [0.5, 0.6) is 0 Å². The van der Waals surface area contributed by atoms with E-state index >= 15 is 0 Å². The third-order valence-corrected chi connectivity index (χ3v) is 5.00. The maximum Gasteiger partial charge on any atom is 0.0478 e. The van der Waals surface area contributed by atoms with Gasteiger partial charge in [0.2, 0.25) is 0 Å². The van der Waals surface area contributed by atoms with Crippen molar-refractivity contribution < 1.29 is 0 Å². The lowest BCUT2D eigenvalue weighted by Gasteiger charge is -2.15. The van der Waals surface area contributed by atoms with E-state index in [0.717, 1.165) is 0 Å². The smallest absolute Gasteiger partial charge is 0.0478 e. The summed E-state index contributed by atoms with van der Waals surface area (Å²) in [5, 5.41) is 0. The quantitative estimate of drug-likeness (QED) is 0.530. The van der Waals surface area contributed by atoms with Crippen LogP contribution in [0, 0.1) is 0 Å². The van der Waals surface area contributed by atoms with E-state index in [-0.39, 0.29) is 0 Å². The molecule has 0 unspecified atom stereocenters. The van der Waals surface area contributed by atoms with Crippen molar-refractivity contribution in [1.82, 2.24) is 0 Å². The van der Waals surface area contributed by atoms with Gasteiger partial charge in [-0.2, -0.15) is 0 Å². The highest BCUT2D eigenvalue weighted by atomic mass is 79.9. The number of hydrogen-bond donors (Lipinski definition) is 0. The number of hydrogen-bond acceptors (Lipinski definition) is 0. The van der Waals surface area contributed by atoms with E-state index in [1.54, 1.807) is 0 Å². The van der Waals surface area contributed by atoms with Gasteiger partial charge in [0.25, 0.3) is 0 Å². The Kier molecular flexibility index (Phi) is 1.39. The summed E-state index contributed by atoms with van der Waals surface area (Å²) in [6, 6.07) is 0. The minimum Gasteiger partial charge on any atom is -0.0970 e. The van der Waals surface area contributed by atoms with Gasteiger partial charge in [-0.05, 0) is 31.3 Å². The predicted molar refractivity (Wildman–Crippen MR) is 50.9 cm³/mol. The molecule has 2 rings (SSSR count). The van der Waals surface area contributed by atoms with E-state index in [4.69, 9.17) is 0 Å². The zero-order valence-corrected chi connectivity index (χ0v) is 8.96. The van der Waals surface area contributed by atoms with Gasteiger partial charge >= 0.3 is 0 Å². The summed E-state index contributed by atoms with van der Waals surface area (Å²) in [6.45, 7) is 4.13. The van der Waals surface area contributed by atoms with Crippen LogP contribution in [-0.2, 0) is 0 Å². The zero-order valence-electron chi connectivity index (χ0n) is 5.79. The fourth-order valence-corrected chi connectivity index (χ4v) is 2.65. The van der Waals surface area contributed by atoms with Crippen molar-refractivity contribution in [3.8, 4) is 0 Å². The van der Waals surface area contributed by atoms with Gasteiger partial charge in [0.1, 0.15) is 0 Å². The first kappa shape index (κ1) is 7.35. The summed E-state index contributed by atoms with van der Waals surface area (Å²) in [6.07, 6.45) is 5.11. The summed E-state index contributed by atoms with van der Waals surface area (Å²) in [5.74, 6) is 0. The lowest BCUT2D eigenvalue weighted by molar-refractivity contribution is 0.967. The highest BCUT2D eigenvalue weighted by molar-refractivity contribution is 9.11. The second kappa shape index (κ2) is 1.89. The molecule has 0 atom stereocenters. The Morgan fingerprint density at radius 1 is 1.00 bits per heavy atom. The molecule has 0 aliphatic heterocycles. The van der Waals surface area contributed by atoms with Gasteiger partial charge in [0, 0.05) is 8.65 Å². The van der Waals surface area contributed by atoms with Crippen molar-refractivity contribution in [3.05, 3.63) is 12.2 Å². The molecule has 2 saturated carbocycles. The zero-order chi connectivity index (χ0) is 7.41. The first-order valence-electron chi connectivity index (χ1n) is 3.65.